The molecule has 1 saturated heterocycles. The number of benzene rings is 1. The van der Waals surface area contributed by atoms with E-state index in [4.69, 9.17) is 11.5 Å². The van der Waals surface area contributed by atoms with E-state index in [2.05, 4.69) is 9.97 Å². The Hall–Kier alpha value is -2.96. The quantitative estimate of drug-likeness (QED) is 0.878. The number of primary amides is 1. The van der Waals surface area contributed by atoms with Gasteiger partial charge in [0.1, 0.15) is 5.82 Å². The summed E-state index contributed by atoms with van der Waals surface area (Å²) in [6.07, 6.45) is 6.01. The highest BCUT2D eigenvalue weighted by molar-refractivity contribution is 5.96. The molecule has 25 heavy (non-hydrogen) atoms. The Bertz CT molecular complexity index is 775. The Morgan fingerprint density at radius 3 is 2.76 bits per heavy atom. The highest BCUT2D eigenvalue weighted by Gasteiger charge is 2.28. The number of nitrogens with zero attached hydrogens (tertiary/aromatic N) is 3. The molecule has 0 bridgehead atoms. The molecule has 1 aromatic heterocycles. The van der Waals surface area contributed by atoms with E-state index in [1.165, 1.54) is 6.20 Å². The van der Waals surface area contributed by atoms with Crippen molar-refractivity contribution in [3.05, 3.63) is 42.2 Å². The van der Waals surface area contributed by atoms with Crippen LogP contribution in [0.25, 0.3) is 11.3 Å². The van der Waals surface area contributed by atoms with Crippen LogP contribution in [-0.2, 0) is 4.79 Å². The first kappa shape index (κ1) is 16.9. The third kappa shape index (κ3) is 3.93. The molecule has 0 saturated carbocycles. The molecule has 1 aromatic carbocycles. The zero-order valence-corrected chi connectivity index (χ0v) is 13.9. The van der Waals surface area contributed by atoms with Crippen molar-refractivity contribution >= 4 is 17.6 Å². The summed E-state index contributed by atoms with van der Waals surface area (Å²) in [7, 11) is 0. The Labute approximate surface area is 146 Å². The lowest BCUT2D eigenvalue weighted by molar-refractivity contribution is -0.119. The van der Waals surface area contributed by atoms with Crippen LogP contribution in [0.15, 0.2) is 36.7 Å². The van der Waals surface area contributed by atoms with Crippen molar-refractivity contribution in [1.29, 1.82) is 0 Å². The van der Waals surface area contributed by atoms with E-state index in [0.29, 0.717) is 23.6 Å². The average Bonchev–Trinajstić information content (AvgIpc) is 2.62. The van der Waals surface area contributed by atoms with Gasteiger partial charge in [-0.25, -0.2) is 4.98 Å². The fourth-order valence-electron chi connectivity index (χ4n) is 3.18. The van der Waals surface area contributed by atoms with E-state index in [1.807, 2.05) is 12.1 Å². The monoisotopic (exact) mass is 339 g/mol. The molecule has 3 rings (SSSR count). The van der Waals surface area contributed by atoms with E-state index in [0.717, 1.165) is 24.8 Å². The predicted octanol–water partition coefficient (Wildman–Crippen LogP) is 1.60. The number of nitrogens with two attached hydrogens (primary N) is 2. The number of anilines is 1. The lowest BCUT2D eigenvalue weighted by Crippen LogP contribution is -2.45. The van der Waals surface area contributed by atoms with Gasteiger partial charge in [0.05, 0.1) is 18.1 Å². The Balaban J connectivity index is 1.85. The molecule has 1 fully saturated rings. The van der Waals surface area contributed by atoms with Gasteiger partial charge in [0, 0.05) is 30.1 Å². The zero-order valence-electron chi connectivity index (χ0n) is 13.9. The maximum atomic E-state index is 12.9. The molecule has 4 N–H and O–H groups in total. The first-order valence-electron chi connectivity index (χ1n) is 8.32. The fourth-order valence-corrected chi connectivity index (χ4v) is 3.18. The molecule has 130 valence electrons. The molecule has 2 amide bonds. The Kier molecular flexibility index (Phi) is 4.92. The SMILES string of the molecule is NC(=O)CC1CCCCN1C(=O)c1cccc(-c2cnc(N)cn2)c1. The van der Waals surface area contributed by atoms with Gasteiger partial charge in [-0.15, -0.1) is 0 Å². The van der Waals surface area contributed by atoms with Crippen LogP contribution in [0.5, 0.6) is 0 Å². The van der Waals surface area contributed by atoms with Crippen LogP contribution in [0, 0.1) is 0 Å². The van der Waals surface area contributed by atoms with Gasteiger partial charge in [-0.3, -0.25) is 14.6 Å². The summed E-state index contributed by atoms with van der Waals surface area (Å²) in [5, 5.41) is 0. The third-order valence-corrected chi connectivity index (χ3v) is 4.40. The minimum absolute atomic E-state index is 0.0868. The molecule has 0 radical (unpaired) electrons. The molecule has 7 nitrogen and oxygen atoms in total. The molecule has 1 atom stereocenters. The van der Waals surface area contributed by atoms with Gasteiger partial charge in [0.15, 0.2) is 0 Å². The second-order valence-corrected chi connectivity index (χ2v) is 6.23. The van der Waals surface area contributed by atoms with Crippen LogP contribution in [0.4, 0.5) is 5.82 Å². The molecule has 7 heteroatoms. The number of hydrogen-bond donors (Lipinski definition) is 2. The van der Waals surface area contributed by atoms with Crippen molar-refractivity contribution in [3.63, 3.8) is 0 Å². The topological polar surface area (TPSA) is 115 Å². The van der Waals surface area contributed by atoms with Gasteiger partial charge in [0.25, 0.3) is 5.91 Å². The van der Waals surface area contributed by atoms with Crippen LogP contribution in [0.1, 0.15) is 36.0 Å². The van der Waals surface area contributed by atoms with Crippen molar-refractivity contribution in [2.24, 2.45) is 5.73 Å². The second kappa shape index (κ2) is 7.29. The van der Waals surface area contributed by atoms with E-state index < -0.39 is 0 Å². The molecule has 2 heterocycles. The second-order valence-electron chi connectivity index (χ2n) is 6.23. The number of carbonyl (C=O) groups is 2. The van der Waals surface area contributed by atoms with Crippen LogP contribution in [0.2, 0.25) is 0 Å². The number of piperidine rings is 1. The molecule has 2 aromatic rings. The van der Waals surface area contributed by atoms with Gasteiger partial charge in [-0.1, -0.05) is 12.1 Å². The third-order valence-electron chi connectivity index (χ3n) is 4.40. The highest BCUT2D eigenvalue weighted by Crippen LogP contribution is 2.24. The van der Waals surface area contributed by atoms with Crippen LogP contribution < -0.4 is 11.5 Å². The molecule has 1 aliphatic heterocycles. The van der Waals surface area contributed by atoms with Gasteiger partial charge < -0.3 is 16.4 Å². The minimum atomic E-state index is -0.379. The summed E-state index contributed by atoms with van der Waals surface area (Å²) >= 11 is 0. The maximum Gasteiger partial charge on any atom is 0.254 e. The Morgan fingerprint density at radius 1 is 1.20 bits per heavy atom. The van der Waals surface area contributed by atoms with Crippen LogP contribution >= 0.6 is 0 Å². The summed E-state index contributed by atoms with van der Waals surface area (Å²) in [6, 6.07) is 7.12. The number of hydrogen-bond acceptors (Lipinski definition) is 5. The van der Waals surface area contributed by atoms with Crippen LogP contribution in [-0.4, -0.2) is 39.3 Å². The Morgan fingerprint density at radius 2 is 2.04 bits per heavy atom. The molecule has 0 aliphatic carbocycles. The number of likely N-dealkylation sites (tertiary alicyclic amines) is 1. The number of amides is 2. The minimum Gasteiger partial charge on any atom is -0.382 e. The predicted molar refractivity (Wildman–Crippen MR) is 94.4 cm³/mol. The fraction of sp³-hybridized carbons (Fsp3) is 0.333. The summed E-state index contributed by atoms with van der Waals surface area (Å²) in [5.74, 6) is -0.120. The van der Waals surface area contributed by atoms with Crippen molar-refractivity contribution in [2.75, 3.05) is 12.3 Å². The first-order valence-corrected chi connectivity index (χ1v) is 8.32. The van der Waals surface area contributed by atoms with Crippen molar-refractivity contribution < 1.29 is 9.59 Å². The molecule has 1 unspecified atom stereocenters. The summed E-state index contributed by atoms with van der Waals surface area (Å²) < 4.78 is 0. The summed E-state index contributed by atoms with van der Waals surface area (Å²) in [4.78, 5) is 34.3. The summed E-state index contributed by atoms with van der Waals surface area (Å²) in [5.41, 5.74) is 12.9. The zero-order chi connectivity index (χ0) is 17.8. The van der Waals surface area contributed by atoms with Gasteiger partial charge in [0.2, 0.25) is 5.91 Å². The van der Waals surface area contributed by atoms with Crippen molar-refractivity contribution in [2.45, 2.75) is 31.7 Å². The van der Waals surface area contributed by atoms with E-state index >= 15 is 0 Å². The van der Waals surface area contributed by atoms with Crippen molar-refractivity contribution in [3.8, 4) is 11.3 Å². The smallest absolute Gasteiger partial charge is 0.254 e. The molecular formula is C18H21N5O2. The van der Waals surface area contributed by atoms with E-state index in [-0.39, 0.29) is 24.3 Å². The van der Waals surface area contributed by atoms with E-state index in [9.17, 15) is 9.59 Å². The molecule has 0 spiro atoms. The lowest BCUT2D eigenvalue weighted by atomic mass is 9.97. The lowest BCUT2D eigenvalue weighted by Gasteiger charge is -2.35. The van der Waals surface area contributed by atoms with Gasteiger partial charge >= 0.3 is 0 Å². The maximum absolute atomic E-state index is 12.9. The number of aromatic nitrogens is 2. The number of nitrogen functional groups attached to an aromatic ring is 1. The van der Waals surface area contributed by atoms with E-state index in [1.54, 1.807) is 23.2 Å². The summed E-state index contributed by atoms with van der Waals surface area (Å²) in [6.45, 7) is 0.642. The van der Waals surface area contributed by atoms with Crippen LogP contribution in [0.3, 0.4) is 0 Å². The first-order chi connectivity index (χ1) is 12.0. The van der Waals surface area contributed by atoms with Gasteiger partial charge in [-0.05, 0) is 31.4 Å². The largest absolute Gasteiger partial charge is 0.382 e. The highest BCUT2D eigenvalue weighted by atomic mass is 16.2. The van der Waals surface area contributed by atoms with Gasteiger partial charge in [-0.2, -0.15) is 0 Å². The molecule has 1 aliphatic rings. The standard InChI is InChI=1S/C18H21N5O2/c19-16-11-21-15(10-22-16)12-4-3-5-13(8-12)18(25)23-7-2-1-6-14(23)9-17(20)24/h3-5,8,10-11,14H,1-2,6-7,9H2,(H2,19,22)(H2,20,24). The average molecular weight is 339 g/mol. The number of rotatable bonds is 4. The van der Waals surface area contributed by atoms with Crippen molar-refractivity contribution in [1.82, 2.24) is 14.9 Å². The molecular weight excluding hydrogens is 318 g/mol. The number of carbonyl (C=O) groups excluding carboxylic acids is 2. The normalized spacial score (nSPS) is 17.3.